The molecule has 0 bridgehead atoms. The number of hydrogen-bond donors (Lipinski definition) is 2. The molecule has 0 fully saturated rings. The summed E-state index contributed by atoms with van der Waals surface area (Å²) in [5.74, 6) is 1.85. The highest BCUT2D eigenvalue weighted by Crippen LogP contribution is 2.17. The van der Waals surface area contributed by atoms with Crippen LogP contribution in [0.2, 0.25) is 0 Å². The summed E-state index contributed by atoms with van der Waals surface area (Å²) in [6.07, 6.45) is 3.63. The first kappa shape index (κ1) is 19.6. The van der Waals surface area contributed by atoms with Gasteiger partial charge in [0.2, 0.25) is 0 Å². The lowest BCUT2D eigenvalue weighted by Gasteiger charge is -2.18. The van der Waals surface area contributed by atoms with E-state index in [0.29, 0.717) is 0 Å². The molecule has 6 nitrogen and oxygen atoms in total. The summed E-state index contributed by atoms with van der Waals surface area (Å²) in [6.45, 7) is 6.61. The van der Waals surface area contributed by atoms with E-state index in [1.807, 2.05) is 0 Å². The van der Waals surface area contributed by atoms with Crippen molar-refractivity contribution in [3.05, 3.63) is 56.9 Å². The Hall–Kier alpha value is -2.19. The van der Waals surface area contributed by atoms with Crippen molar-refractivity contribution in [2.45, 2.75) is 39.3 Å². The van der Waals surface area contributed by atoms with Crippen molar-refractivity contribution in [3.63, 3.8) is 0 Å². The van der Waals surface area contributed by atoms with Crippen LogP contribution in [-0.2, 0) is 19.4 Å². The molecule has 27 heavy (non-hydrogen) atoms. The Morgan fingerprint density at radius 2 is 2.11 bits per heavy atom. The second-order valence-corrected chi connectivity index (χ2v) is 8.17. The summed E-state index contributed by atoms with van der Waals surface area (Å²) in [6, 6.07) is 8.70. The molecule has 2 N–H and O–H groups in total. The number of aryl methyl sites for hydroxylation is 1. The van der Waals surface area contributed by atoms with Crippen LogP contribution < -0.4 is 10.6 Å². The van der Waals surface area contributed by atoms with Gasteiger partial charge in [0, 0.05) is 42.2 Å². The van der Waals surface area contributed by atoms with Gasteiger partial charge in [0.15, 0.2) is 5.96 Å². The first-order chi connectivity index (χ1) is 13.3. The molecule has 1 unspecified atom stereocenters. The van der Waals surface area contributed by atoms with Crippen LogP contribution in [0, 0.1) is 0 Å². The fraction of sp³-hybridized carbons (Fsp3) is 0.421. The van der Waals surface area contributed by atoms with E-state index in [4.69, 9.17) is 4.99 Å². The third-order valence-electron chi connectivity index (χ3n) is 4.19. The van der Waals surface area contributed by atoms with Crippen molar-refractivity contribution in [1.29, 1.82) is 0 Å². The maximum Gasteiger partial charge on any atom is 0.191 e. The fourth-order valence-corrected chi connectivity index (χ4v) is 4.17. The zero-order valence-corrected chi connectivity index (χ0v) is 17.4. The quantitative estimate of drug-likeness (QED) is 0.425. The lowest BCUT2D eigenvalue weighted by Crippen LogP contribution is -2.40. The minimum Gasteiger partial charge on any atom is -0.355 e. The topological polar surface area (TPSA) is 67.1 Å². The van der Waals surface area contributed by atoms with Crippen molar-refractivity contribution in [2.75, 3.05) is 13.1 Å². The van der Waals surface area contributed by atoms with E-state index < -0.39 is 0 Å². The summed E-state index contributed by atoms with van der Waals surface area (Å²) in [5.41, 5.74) is 0. The Bertz CT molecular complexity index is 807. The molecular weight excluding hydrogens is 376 g/mol. The maximum absolute atomic E-state index is 4.78. The molecule has 0 saturated carbocycles. The van der Waals surface area contributed by atoms with Crippen molar-refractivity contribution < 1.29 is 0 Å². The number of aromatic nitrogens is 3. The number of rotatable bonds is 9. The third-order valence-corrected chi connectivity index (χ3v) is 6.18. The highest BCUT2D eigenvalue weighted by atomic mass is 32.1. The van der Waals surface area contributed by atoms with E-state index in [0.717, 1.165) is 44.3 Å². The van der Waals surface area contributed by atoms with E-state index in [-0.39, 0.29) is 6.04 Å². The smallest absolute Gasteiger partial charge is 0.191 e. The molecule has 0 aliphatic rings. The Morgan fingerprint density at radius 3 is 2.85 bits per heavy atom. The number of guanidine groups is 1. The molecule has 0 aliphatic carbocycles. The minimum atomic E-state index is 0.221. The van der Waals surface area contributed by atoms with Gasteiger partial charge in [-0.2, -0.15) is 0 Å². The van der Waals surface area contributed by atoms with Crippen LogP contribution >= 0.6 is 22.7 Å². The van der Waals surface area contributed by atoms with Gasteiger partial charge in [-0.15, -0.1) is 32.9 Å². The van der Waals surface area contributed by atoms with Crippen LogP contribution in [0.5, 0.6) is 0 Å². The van der Waals surface area contributed by atoms with Crippen molar-refractivity contribution in [2.24, 2.45) is 4.99 Å². The number of nitrogens with zero attached hydrogens (tertiary/aromatic N) is 4. The minimum absolute atomic E-state index is 0.221. The van der Waals surface area contributed by atoms with Crippen molar-refractivity contribution in [3.8, 4) is 0 Å². The molecule has 0 saturated heterocycles. The van der Waals surface area contributed by atoms with Gasteiger partial charge in [0.25, 0.3) is 0 Å². The van der Waals surface area contributed by atoms with E-state index >= 15 is 0 Å². The largest absolute Gasteiger partial charge is 0.355 e. The Balaban J connectivity index is 1.57. The zero-order valence-electron chi connectivity index (χ0n) is 15.8. The summed E-state index contributed by atoms with van der Waals surface area (Å²) < 4.78 is 2.08. The average molecular weight is 403 g/mol. The predicted octanol–water partition coefficient (Wildman–Crippen LogP) is 3.50. The standard InChI is InChI=1S/C19H26N6S2/c1-3-18-24-22-14-25(18)11-10-21-19(20-9-8-16-6-4-12-26-16)23-15(2)17-7-5-13-27-17/h4-7,12-15H,3,8-11H2,1-2H3,(H2,20,21,23). The number of hydrogen-bond acceptors (Lipinski definition) is 5. The molecule has 0 spiro atoms. The molecule has 1 atom stereocenters. The molecule has 8 heteroatoms. The highest BCUT2D eigenvalue weighted by Gasteiger charge is 2.09. The van der Waals surface area contributed by atoms with Crippen molar-refractivity contribution in [1.82, 2.24) is 25.4 Å². The van der Waals surface area contributed by atoms with Gasteiger partial charge in [0.05, 0.1) is 6.04 Å². The van der Waals surface area contributed by atoms with E-state index in [1.165, 1.54) is 9.75 Å². The van der Waals surface area contributed by atoms with Gasteiger partial charge >= 0.3 is 0 Å². The number of aliphatic imine (C=N–C) groups is 1. The lowest BCUT2D eigenvalue weighted by molar-refractivity contribution is 0.621. The predicted molar refractivity (Wildman–Crippen MR) is 114 cm³/mol. The van der Waals surface area contributed by atoms with E-state index in [2.05, 4.69) is 74.3 Å². The molecule has 3 aromatic rings. The summed E-state index contributed by atoms with van der Waals surface area (Å²) >= 11 is 3.54. The first-order valence-electron chi connectivity index (χ1n) is 9.23. The highest BCUT2D eigenvalue weighted by molar-refractivity contribution is 7.10. The van der Waals surface area contributed by atoms with Gasteiger partial charge in [0.1, 0.15) is 12.2 Å². The van der Waals surface area contributed by atoms with Crippen LogP contribution in [0.15, 0.2) is 46.3 Å². The Labute approximate surface area is 168 Å². The molecule has 0 radical (unpaired) electrons. The van der Waals surface area contributed by atoms with Crippen LogP contribution in [0.3, 0.4) is 0 Å². The molecule has 0 amide bonds. The number of thiophene rings is 2. The van der Waals surface area contributed by atoms with Gasteiger partial charge in [-0.3, -0.25) is 4.99 Å². The first-order valence-corrected chi connectivity index (χ1v) is 11.0. The summed E-state index contributed by atoms with van der Waals surface area (Å²) in [4.78, 5) is 7.44. The summed E-state index contributed by atoms with van der Waals surface area (Å²) in [7, 11) is 0. The lowest BCUT2D eigenvalue weighted by atomic mass is 10.3. The second kappa shape index (κ2) is 10.2. The molecule has 0 aromatic carbocycles. The summed E-state index contributed by atoms with van der Waals surface area (Å²) in [5, 5.41) is 19.3. The average Bonchev–Trinajstić information content (AvgIpc) is 3.43. The monoisotopic (exact) mass is 402 g/mol. The molecule has 144 valence electrons. The maximum atomic E-state index is 4.78. The SMILES string of the molecule is CCc1nncn1CCNC(=NCCc1cccs1)NC(C)c1cccs1. The van der Waals surface area contributed by atoms with Crippen molar-refractivity contribution >= 4 is 28.6 Å². The van der Waals surface area contributed by atoms with Gasteiger partial charge < -0.3 is 15.2 Å². The molecule has 0 aliphatic heterocycles. The number of nitrogens with one attached hydrogen (secondary N) is 2. The third kappa shape index (κ3) is 5.90. The van der Waals surface area contributed by atoms with Gasteiger partial charge in [-0.1, -0.05) is 19.1 Å². The Kier molecular flexibility index (Phi) is 7.41. The molecule has 3 heterocycles. The van der Waals surface area contributed by atoms with Crippen LogP contribution in [-0.4, -0.2) is 33.8 Å². The van der Waals surface area contributed by atoms with Gasteiger partial charge in [-0.05, 0) is 29.8 Å². The van der Waals surface area contributed by atoms with E-state index in [1.54, 1.807) is 29.0 Å². The van der Waals surface area contributed by atoms with Gasteiger partial charge in [-0.25, -0.2) is 0 Å². The van der Waals surface area contributed by atoms with E-state index in [9.17, 15) is 0 Å². The Morgan fingerprint density at radius 1 is 1.26 bits per heavy atom. The molecule has 3 aromatic heterocycles. The molecular formula is C19H26N6S2. The molecule has 3 rings (SSSR count). The second-order valence-electron chi connectivity index (χ2n) is 6.16. The van der Waals surface area contributed by atoms with Crippen LogP contribution in [0.1, 0.15) is 35.5 Å². The zero-order chi connectivity index (χ0) is 18.9. The normalized spacial score (nSPS) is 12.9. The fourth-order valence-electron chi connectivity index (χ4n) is 2.73. The van der Waals surface area contributed by atoms with Crippen LogP contribution in [0.4, 0.5) is 0 Å². The van der Waals surface area contributed by atoms with Crippen LogP contribution in [0.25, 0.3) is 0 Å².